The average Bonchev–Trinajstić information content (AvgIpc) is 2.55. The van der Waals surface area contributed by atoms with Crippen molar-refractivity contribution in [2.24, 2.45) is 11.8 Å². The molecule has 1 N–H and O–H groups in total. The molecule has 1 fully saturated rings. The van der Waals surface area contributed by atoms with Crippen LogP contribution in [0.4, 0.5) is 0 Å². The van der Waals surface area contributed by atoms with Crippen molar-refractivity contribution < 1.29 is 19.4 Å². The molecule has 2 rings (SSSR count). The van der Waals surface area contributed by atoms with Crippen LogP contribution in [0.1, 0.15) is 19.8 Å². The highest BCUT2D eigenvalue weighted by Crippen LogP contribution is 2.48. The van der Waals surface area contributed by atoms with Gasteiger partial charge in [0.1, 0.15) is 6.29 Å². The van der Waals surface area contributed by atoms with E-state index in [2.05, 4.69) is 0 Å². The molecule has 1 heterocycles. The molecular weight excluding hydrogens is 196 g/mol. The van der Waals surface area contributed by atoms with Crippen LogP contribution in [0.15, 0.2) is 11.8 Å². The summed E-state index contributed by atoms with van der Waals surface area (Å²) in [5.74, 6) is -0.0797. The molecule has 0 aromatic heterocycles. The Kier molecular flexibility index (Phi) is 2.56. The molecule has 0 bridgehead atoms. The van der Waals surface area contributed by atoms with Crippen molar-refractivity contribution in [2.75, 3.05) is 7.11 Å². The van der Waals surface area contributed by atoms with Gasteiger partial charge in [0.2, 0.25) is 6.29 Å². The summed E-state index contributed by atoms with van der Waals surface area (Å²) in [6.45, 7) is 1.78. The highest BCUT2D eigenvalue weighted by atomic mass is 16.7. The van der Waals surface area contributed by atoms with Crippen LogP contribution in [-0.4, -0.2) is 30.4 Å². The van der Waals surface area contributed by atoms with Gasteiger partial charge in [-0.25, -0.2) is 0 Å². The minimum Gasteiger partial charge on any atom is -0.472 e. The van der Waals surface area contributed by atoms with Crippen molar-refractivity contribution in [2.45, 2.75) is 31.7 Å². The third-order valence-electron chi connectivity index (χ3n) is 3.54. The van der Waals surface area contributed by atoms with Gasteiger partial charge < -0.3 is 14.6 Å². The van der Waals surface area contributed by atoms with Crippen molar-refractivity contribution in [3.63, 3.8) is 0 Å². The van der Waals surface area contributed by atoms with Gasteiger partial charge >= 0.3 is 0 Å². The summed E-state index contributed by atoms with van der Waals surface area (Å²) in [6, 6.07) is 0. The van der Waals surface area contributed by atoms with E-state index >= 15 is 0 Å². The van der Waals surface area contributed by atoms with Crippen LogP contribution in [-0.2, 0) is 14.3 Å². The fraction of sp³-hybridized carbons (Fsp3) is 0.727. The molecule has 0 aromatic carbocycles. The van der Waals surface area contributed by atoms with Crippen LogP contribution in [0.25, 0.3) is 0 Å². The van der Waals surface area contributed by atoms with E-state index < -0.39 is 11.9 Å². The van der Waals surface area contributed by atoms with Crippen molar-refractivity contribution in [1.82, 2.24) is 0 Å². The summed E-state index contributed by atoms with van der Waals surface area (Å²) in [5.41, 5.74) is -0.181. The lowest BCUT2D eigenvalue weighted by Crippen LogP contribution is -2.44. The summed E-state index contributed by atoms with van der Waals surface area (Å²) in [4.78, 5) is 10.8. The summed E-state index contributed by atoms with van der Waals surface area (Å²) in [5, 5.41) is 10.2. The Morgan fingerprint density at radius 1 is 1.73 bits per heavy atom. The highest BCUT2D eigenvalue weighted by Gasteiger charge is 2.52. The first-order valence-electron chi connectivity index (χ1n) is 5.16. The van der Waals surface area contributed by atoms with Gasteiger partial charge in [-0.2, -0.15) is 0 Å². The number of carbonyl (C=O) groups is 1. The van der Waals surface area contributed by atoms with Gasteiger partial charge in [0.15, 0.2) is 0 Å². The highest BCUT2D eigenvalue weighted by molar-refractivity contribution is 5.74. The zero-order chi connectivity index (χ0) is 11.1. The van der Waals surface area contributed by atoms with E-state index in [1.165, 1.54) is 6.26 Å². The monoisotopic (exact) mass is 212 g/mol. The van der Waals surface area contributed by atoms with Gasteiger partial charge in [0.25, 0.3) is 0 Å². The molecule has 0 spiro atoms. The Morgan fingerprint density at radius 3 is 3.07 bits per heavy atom. The molecule has 0 amide bonds. The quantitative estimate of drug-likeness (QED) is 0.689. The lowest BCUT2D eigenvalue weighted by molar-refractivity contribution is -0.178. The predicted molar refractivity (Wildman–Crippen MR) is 52.9 cm³/mol. The number of hydrogen-bond acceptors (Lipinski definition) is 4. The molecule has 2 aliphatic rings. The summed E-state index contributed by atoms with van der Waals surface area (Å²) < 4.78 is 10.5. The minimum absolute atomic E-state index is 0.0659. The van der Waals surface area contributed by atoms with Gasteiger partial charge in [-0.1, -0.05) is 0 Å². The first-order chi connectivity index (χ1) is 7.10. The second kappa shape index (κ2) is 3.61. The fourth-order valence-corrected chi connectivity index (χ4v) is 2.72. The van der Waals surface area contributed by atoms with E-state index in [9.17, 15) is 9.90 Å². The van der Waals surface area contributed by atoms with Gasteiger partial charge in [-0.3, -0.25) is 4.79 Å². The molecule has 4 nitrogen and oxygen atoms in total. The Morgan fingerprint density at radius 2 is 2.47 bits per heavy atom. The molecule has 0 radical (unpaired) electrons. The number of hydrogen-bond donors (Lipinski definition) is 1. The number of allylic oxidation sites excluding steroid dienone is 1. The smallest absolute Gasteiger partial charge is 0.204 e. The lowest BCUT2D eigenvalue weighted by Gasteiger charge is -2.37. The molecule has 0 saturated heterocycles. The van der Waals surface area contributed by atoms with E-state index in [-0.39, 0.29) is 11.8 Å². The Hall–Kier alpha value is -0.870. The van der Waals surface area contributed by atoms with E-state index in [4.69, 9.17) is 9.47 Å². The number of rotatable bonds is 2. The van der Waals surface area contributed by atoms with E-state index in [1.807, 2.05) is 0 Å². The van der Waals surface area contributed by atoms with Crippen LogP contribution in [0.2, 0.25) is 0 Å². The van der Waals surface area contributed by atoms with Crippen LogP contribution in [0.3, 0.4) is 0 Å². The number of ether oxygens (including phenoxy) is 2. The van der Waals surface area contributed by atoms with Crippen LogP contribution >= 0.6 is 0 Å². The molecule has 0 aromatic rings. The molecular formula is C11H16O4. The summed E-state index contributed by atoms with van der Waals surface area (Å²) in [7, 11) is 1.55. The maximum atomic E-state index is 10.8. The molecule has 1 aliphatic heterocycles. The molecule has 84 valence electrons. The maximum absolute atomic E-state index is 10.8. The zero-order valence-electron chi connectivity index (χ0n) is 8.97. The summed E-state index contributed by atoms with van der Waals surface area (Å²) in [6.07, 6.45) is 3.31. The number of fused-ring (bicyclic) bond motifs is 1. The van der Waals surface area contributed by atoms with Crippen molar-refractivity contribution >= 4 is 6.29 Å². The van der Waals surface area contributed by atoms with Gasteiger partial charge in [0.05, 0.1) is 17.8 Å². The predicted octanol–water partition coefficient (Wildman–Crippen LogP) is 0.849. The van der Waals surface area contributed by atoms with E-state index in [1.54, 1.807) is 14.0 Å². The van der Waals surface area contributed by atoms with Gasteiger partial charge in [-0.15, -0.1) is 0 Å². The maximum Gasteiger partial charge on any atom is 0.204 e. The molecule has 15 heavy (non-hydrogen) atoms. The van der Waals surface area contributed by atoms with E-state index in [0.717, 1.165) is 12.7 Å². The van der Waals surface area contributed by atoms with Gasteiger partial charge in [0, 0.05) is 18.6 Å². The Labute approximate surface area is 88.9 Å². The molecule has 4 heteroatoms. The normalized spacial score (nSPS) is 44.2. The third kappa shape index (κ3) is 1.58. The molecule has 1 aliphatic carbocycles. The molecule has 0 unspecified atom stereocenters. The second-order valence-corrected chi connectivity index (χ2v) is 4.50. The van der Waals surface area contributed by atoms with E-state index in [0.29, 0.717) is 12.0 Å². The zero-order valence-corrected chi connectivity index (χ0v) is 8.97. The standard InChI is InChI=1S/C11H16O4/c1-11(13)4-3-8-7(5-12)6-15-10(14-2)9(8)11/h5-6,8-10,13H,3-4H2,1-2H3/t8-,9-,10-,11+/m1/s1. The number of aldehydes is 1. The fourth-order valence-electron chi connectivity index (χ4n) is 2.72. The number of aliphatic hydroxyl groups is 1. The largest absolute Gasteiger partial charge is 0.472 e. The molecule has 4 atom stereocenters. The molecule has 1 saturated carbocycles. The second-order valence-electron chi connectivity index (χ2n) is 4.50. The summed E-state index contributed by atoms with van der Waals surface area (Å²) >= 11 is 0. The Balaban J connectivity index is 2.32. The Bertz CT molecular complexity index is 295. The van der Waals surface area contributed by atoms with Crippen LogP contribution in [0, 0.1) is 11.8 Å². The topological polar surface area (TPSA) is 55.8 Å². The lowest BCUT2D eigenvalue weighted by atomic mass is 9.82. The van der Waals surface area contributed by atoms with Crippen molar-refractivity contribution in [3.8, 4) is 0 Å². The van der Waals surface area contributed by atoms with Crippen molar-refractivity contribution in [1.29, 1.82) is 0 Å². The average molecular weight is 212 g/mol. The number of methoxy groups -OCH3 is 1. The number of carbonyl (C=O) groups excluding carboxylic acids is 1. The first-order valence-corrected chi connectivity index (χ1v) is 5.16. The van der Waals surface area contributed by atoms with Crippen molar-refractivity contribution in [3.05, 3.63) is 11.8 Å². The van der Waals surface area contributed by atoms with Crippen LogP contribution in [0.5, 0.6) is 0 Å². The SMILES string of the molecule is CO[C@@H]1OC=C(C=O)[C@H]2CC[C@](C)(O)[C@@H]12. The third-order valence-corrected chi connectivity index (χ3v) is 3.54. The minimum atomic E-state index is -0.812. The first kappa shape index (κ1) is 10.6. The van der Waals surface area contributed by atoms with Crippen LogP contribution < -0.4 is 0 Å². The van der Waals surface area contributed by atoms with Gasteiger partial charge in [-0.05, 0) is 19.8 Å².